The number of nitro groups is 1. The summed E-state index contributed by atoms with van der Waals surface area (Å²) in [6.07, 6.45) is 6.55. The maximum atomic E-state index is 10.6. The van der Waals surface area contributed by atoms with Gasteiger partial charge in [-0.2, -0.15) is 0 Å². The average Bonchev–Trinajstić information content (AvgIpc) is 2.25. The minimum Gasteiger partial charge on any atom is -0.295 e. The molecule has 1 aromatic carbocycles. The lowest BCUT2D eigenvalue weighted by Gasteiger charge is -1.92. The first kappa shape index (κ1) is 11.8. The molecule has 0 amide bonds. The van der Waals surface area contributed by atoms with Crippen molar-refractivity contribution in [3.05, 3.63) is 58.2 Å². The SMILES string of the molecule is CC(=O)/C=C/C=C/c1ccc([N+](=O)[O-])cc1. The Bertz CT molecular complexity index is 444. The first-order chi connectivity index (χ1) is 7.59. The molecule has 4 nitrogen and oxygen atoms in total. The Hall–Kier alpha value is -2.23. The van der Waals surface area contributed by atoms with Crippen LogP contribution in [0.3, 0.4) is 0 Å². The van der Waals surface area contributed by atoms with Gasteiger partial charge in [0.25, 0.3) is 5.69 Å². The van der Waals surface area contributed by atoms with Crippen molar-refractivity contribution in [1.82, 2.24) is 0 Å². The number of carbonyl (C=O) groups is 1. The van der Waals surface area contributed by atoms with Crippen LogP contribution in [0.5, 0.6) is 0 Å². The summed E-state index contributed by atoms with van der Waals surface area (Å²) in [4.78, 5) is 20.5. The highest BCUT2D eigenvalue weighted by Gasteiger charge is 2.01. The number of non-ortho nitro benzene ring substituents is 1. The van der Waals surface area contributed by atoms with Gasteiger partial charge in [0.2, 0.25) is 0 Å². The van der Waals surface area contributed by atoms with Crippen molar-refractivity contribution in [2.24, 2.45) is 0 Å². The highest BCUT2D eigenvalue weighted by Crippen LogP contribution is 2.12. The molecule has 0 heterocycles. The molecule has 0 unspecified atom stereocenters. The van der Waals surface area contributed by atoms with Crippen LogP contribution in [0.15, 0.2) is 42.5 Å². The molecule has 0 aliphatic heterocycles. The van der Waals surface area contributed by atoms with E-state index in [1.165, 1.54) is 25.1 Å². The van der Waals surface area contributed by atoms with E-state index in [2.05, 4.69) is 0 Å². The van der Waals surface area contributed by atoms with Crippen LogP contribution < -0.4 is 0 Å². The number of rotatable bonds is 4. The van der Waals surface area contributed by atoms with Crippen LogP contribution in [0.25, 0.3) is 6.08 Å². The van der Waals surface area contributed by atoms with Gasteiger partial charge in [-0.15, -0.1) is 0 Å². The van der Waals surface area contributed by atoms with E-state index in [0.717, 1.165) is 5.56 Å². The van der Waals surface area contributed by atoms with Crippen molar-refractivity contribution in [1.29, 1.82) is 0 Å². The zero-order valence-corrected chi connectivity index (χ0v) is 8.79. The molecule has 0 fully saturated rings. The quantitative estimate of drug-likeness (QED) is 0.337. The van der Waals surface area contributed by atoms with Crippen LogP contribution in [-0.4, -0.2) is 10.7 Å². The molecule has 0 atom stereocenters. The normalized spacial score (nSPS) is 11.1. The Balaban J connectivity index is 2.69. The first-order valence-corrected chi connectivity index (χ1v) is 4.69. The summed E-state index contributed by atoms with van der Waals surface area (Å²) < 4.78 is 0. The standard InChI is InChI=1S/C12H11NO3/c1-10(14)4-2-3-5-11-6-8-12(9-7-11)13(15)16/h2-9H,1H3/b4-2+,5-3+. The molecule has 1 rings (SSSR count). The second-order valence-corrected chi connectivity index (χ2v) is 3.18. The lowest BCUT2D eigenvalue weighted by atomic mass is 10.2. The number of benzene rings is 1. The van der Waals surface area contributed by atoms with Gasteiger partial charge in [0.15, 0.2) is 5.78 Å². The Morgan fingerprint density at radius 3 is 2.38 bits per heavy atom. The van der Waals surface area contributed by atoms with E-state index in [9.17, 15) is 14.9 Å². The molecule has 4 heteroatoms. The van der Waals surface area contributed by atoms with Gasteiger partial charge in [0.1, 0.15) is 0 Å². The second-order valence-electron chi connectivity index (χ2n) is 3.18. The van der Waals surface area contributed by atoms with Crippen molar-refractivity contribution in [2.45, 2.75) is 6.92 Å². The molecular formula is C12H11NO3. The maximum Gasteiger partial charge on any atom is 0.269 e. The van der Waals surface area contributed by atoms with Gasteiger partial charge < -0.3 is 0 Å². The lowest BCUT2D eigenvalue weighted by Crippen LogP contribution is -1.86. The van der Waals surface area contributed by atoms with Crippen molar-refractivity contribution in [2.75, 3.05) is 0 Å². The fourth-order valence-corrected chi connectivity index (χ4v) is 1.06. The van der Waals surface area contributed by atoms with Crippen molar-refractivity contribution >= 4 is 17.5 Å². The predicted octanol–water partition coefficient (Wildman–Crippen LogP) is 2.75. The van der Waals surface area contributed by atoms with Crippen molar-refractivity contribution in [3.63, 3.8) is 0 Å². The number of nitro benzene ring substituents is 1. The first-order valence-electron chi connectivity index (χ1n) is 4.69. The minimum absolute atomic E-state index is 0.0200. The van der Waals surface area contributed by atoms with Crippen LogP contribution >= 0.6 is 0 Å². The highest BCUT2D eigenvalue weighted by molar-refractivity contribution is 5.87. The molecule has 0 radical (unpaired) electrons. The highest BCUT2D eigenvalue weighted by atomic mass is 16.6. The molecule has 0 saturated carbocycles. The van der Waals surface area contributed by atoms with Crippen LogP contribution in [0.4, 0.5) is 5.69 Å². The van der Waals surface area contributed by atoms with Gasteiger partial charge in [0.05, 0.1) is 4.92 Å². The molecule has 0 aliphatic carbocycles. The molecule has 0 bridgehead atoms. The smallest absolute Gasteiger partial charge is 0.269 e. The second kappa shape index (κ2) is 5.60. The average molecular weight is 217 g/mol. The maximum absolute atomic E-state index is 10.6. The molecule has 82 valence electrons. The van der Waals surface area contributed by atoms with Gasteiger partial charge in [-0.3, -0.25) is 14.9 Å². The van der Waals surface area contributed by atoms with E-state index in [4.69, 9.17) is 0 Å². The molecule has 0 spiro atoms. The minimum atomic E-state index is -0.441. The van der Waals surface area contributed by atoms with Crippen molar-refractivity contribution < 1.29 is 9.72 Å². The number of carbonyl (C=O) groups excluding carboxylic acids is 1. The fourth-order valence-electron chi connectivity index (χ4n) is 1.06. The van der Waals surface area contributed by atoms with Crippen molar-refractivity contribution in [3.8, 4) is 0 Å². The Morgan fingerprint density at radius 2 is 1.88 bits per heavy atom. The third-order valence-corrected chi connectivity index (χ3v) is 1.83. The van der Waals surface area contributed by atoms with E-state index in [1.54, 1.807) is 30.4 Å². The van der Waals surface area contributed by atoms with Gasteiger partial charge in [-0.25, -0.2) is 0 Å². The topological polar surface area (TPSA) is 60.2 Å². The summed E-state index contributed by atoms with van der Waals surface area (Å²) in [6.45, 7) is 1.47. The molecule has 0 aromatic heterocycles. The van der Waals surface area contributed by atoms with E-state index >= 15 is 0 Å². The van der Waals surface area contributed by atoms with Crippen LogP contribution in [-0.2, 0) is 4.79 Å². The fraction of sp³-hybridized carbons (Fsp3) is 0.0833. The summed E-state index contributed by atoms with van der Waals surface area (Å²) in [7, 11) is 0. The monoisotopic (exact) mass is 217 g/mol. The van der Waals surface area contributed by atoms with Gasteiger partial charge >= 0.3 is 0 Å². The van der Waals surface area contributed by atoms with Crippen LogP contribution in [0.2, 0.25) is 0 Å². The molecule has 0 N–H and O–H groups in total. The van der Waals surface area contributed by atoms with E-state index < -0.39 is 4.92 Å². The molecule has 16 heavy (non-hydrogen) atoms. The third-order valence-electron chi connectivity index (χ3n) is 1.83. The Labute approximate surface area is 93.1 Å². The van der Waals surface area contributed by atoms with E-state index in [-0.39, 0.29) is 11.5 Å². The van der Waals surface area contributed by atoms with E-state index in [1.807, 2.05) is 0 Å². The van der Waals surface area contributed by atoms with E-state index in [0.29, 0.717) is 0 Å². The number of hydrogen-bond acceptors (Lipinski definition) is 3. The number of ketones is 1. The predicted molar refractivity (Wildman–Crippen MR) is 62.0 cm³/mol. The zero-order valence-electron chi connectivity index (χ0n) is 8.79. The van der Waals surface area contributed by atoms with Crippen LogP contribution in [0.1, 0.15) is 12.5 Å². The number of nitrogens with zero attached hydrogens (tertiary/aromatic N) is 1. The summed E-state index contributed by atoms with van der Waals surface area (Å²) in [5, 5.41) is 10.4. The zero-order chi connectivity index (χ0) is 12.0. The van der Waals surface area contributed by atoms with Crippen LogP contribution in [0, 0.1) is 10.1 Å². The number of allylic oxidation sites excluding steroid dienone is 3. The molecule has 0 saturated heterocycles. The van der Waals surface area contributed by atoms with Gasteiger partial charge in [0, 0.05) is 12.1 Å². The summed E-state index contributed by atoms with van der Waals surface area (Å²) in [5.74, 6) is -0.0200. The van der Waals surface area contributed by atoms with Gasteiger partial charge in [-0.05, 0) is 30.7 Å². The molecule has 0 aliphatic rings. The third kappa shape index (κ3) is 3.88. The number of hydrogen-bond donors (Lipinski definition) is 0. The Kier molecular flexibility index (Phi) is 4.15. The lowest BCUT2D eigenvalue weighted by molar-refractivity contribution is -0.384. The summed E-state index contributed by atoms with van der Waals surface area (Å²) in [6, 6.07) is 6.18. The van der Waals surface area contributed by atoms with Gasteiger partial charge in [-0.1, -0.05) is 18.2 Å². The molecular weight excluding hydrogens is 206 g/mol. The largest absolute Gasteiger partial charge is 0.295 e. The summed E-state index contributed by atoms with van der Waals surface area (Å²) in [5.41, 5.74) is 0.912. The Morgan fingerprint density at radius 1 is 1.25 bits per heavy atom. The molecule has 1 aromatic rings. The summed E-state index contributed by atoms with van der Waals surface area (Å²) >= 11 is 0.